The molecule has 1 aromatic heterocycles. The van der Waals surface area contributed by atoms with Crippen molar-refractivity contribution < 1.29 is 0 Å². The second kappa shape index (κ2) is 6.18. The zero-order chi connectivity index (χ0) is 13.8. The van der Waals surface area contributed by atoms with Crippen LogP contribution in [0, 0.1) is 0 Å². The lowest BCUT2D eigenvalue weighted by molar-refractivity contribution is 0.523. The van der Waals surface area contributed by atoms with E-state index >= 15 is 0 Å². The lowest BCUT2D eigenvalue weighted by Crippen LogP contribution is -2.38. The summed E-state index contributed by atoms with van der Waals surface area (Å²) in [6.07, 6.45) is 1.91. The monoisotopic (exact) mass is 282 g/mol. The van der Waals surface area contributed by atoms with E-state index in [4.69, 9.17) is 5.84 Å². The third-order valence-electron chi connectivity index (χ3n) is 3.59. The Balaban J connectivity index is 1.76. The minimum absolute atomic E-state index is 0.269. The first kappa shape index (κ1) is 13.3. The van der Waals surface area contributed by atoms with Gasteiger partial charge >= 0.3 is 0 Å². The van der Waals surface area contributed by atoms with Gasteiger partial charge < -0.3 is 0 Å². The van der Waals surface area contributed by atoms with Crippen LogP contribution in [0.15, 0.2) is 59.3 Å². The van der Waals surface area contributed by atoms with E-state index in [2.05, 4.69) is 64.7 Å². The van der Waals surface area contributed by atoms with E-state index in [1.807, 2.05) is 0 Å². The highest BCUT2D eigenvalue weighted by Crippen LogP contribution is 2.18. The molecule has 2 aromatic carbocycles. The van der Waals surface area contributed by atoms with Gasteiger partial charge in [0, 0.05) is 6.04 Å². The molecular weight excluding hydrogens is 264 g/mol. The molecule has 0 radical (unpaired) electrons. The molecule has 0 bridgehead atoms. The van der Waals surface area contributed by atoms with Crippen LogP contribution in [0.25, 0.3) is 10.8 Å². The van der Waals surface area contributed by atoms with Gasteiger partial charge in [-0.15, -0.1) is 0 Å². The predicted molar refractivity (Wildman–Crippen MR) is 86.8 cm³/mol. The number of nitrogens with one attached hydrogen (secondary N) is 1. The Labute approximate surface area is 123 Å². The highest BCUT2D eigenvalue weighted by Gasteiger charge is 2.09. The number of benzene rings is 2. The summed E-state index contributed by atoms with van der Waals surface area (Å²) >= 11 is 1.73. The molecule has 0 aliphatic rings. The second-order valence-corrected chi connectivity index (χ2v) is 5.86. The van der Waals surface area contributed by atoms with E-state index in [0.29, 0.717) is 0 Å². The Morgan fingerprint density at radius 3 is 2.50 bits per heavy atom. The number of rotatable bonds is 5. The van der Waals surface area contributed by atoms with Crippen LogP contribution in [0.3, 0.4) is 0 Å². The van der Waals surface area contributed by atoms with Crippen LogP contribution in [-0.4, -0.2) is 6.04 Å². The van der Waals surface area contributed by atoms with Crippen LogP contribution >= 0.6 is 11.3 Å². The van der Waals surface area contributed by atoms with E-state index in [9.17, 15) is 0 Å². The summed E-state index contributed by atoms with van der Waals surface area (Å²) < 4.78 is 0. The molecule has 1 heterocycles. The van der Waals surface area contributed by atoms with Crippen LogP contribution in [0.2, 0.25) is 0 Å². The van der Waals surface area contributed by atoms with Gasteiger partial charge in [-0.3, -0.25) is 11.3 Å². The molecule has 3 N–H and O–H groups in total. The quantitative estimate of drug-likeness (QED) is 0.555. The van der Waals surface area contributed by atoms with Gasteiger partial charge in [0.05, 0.1) is 0 Å². The number of hydrogen-bond donors (Lipinski definition) is 2. The molecule has 0 saturated heterocycles. The Morgan fingerprint density at radius 2 is 1.75 bits per heavy atom. The minimum Gasteiger partial charge on any atom is -0.271 e. The summed E-state index contributed by atoms with van der Waals surface area (Å²) in [6.45, 7) is 0. The third kappa shape index (κ3) is 3.07. The third-order valence-corrected chi connectivity index (χ3v) is 4.33. The smallest absolute Gasteiger partial charge is 0.0291 e. The molecule has 0 aliphatic heterocycles. The molecule has 0 amide bonds. The van der Waals surface area contributed by atoms with Gasteiger partial charge in [0.15, 0.2) is 0 Å². The van der Waals surface area contributed by atoms with Gasteiger partial charge in [0.2, 0.25) is 0 Å². The van der Waals surface area contributed by atoms with Gasteiger partial charge in [0.25, 0.3) is 0 Å². The normalized spacial score (nSPS) is 12.7. The summed E-state index contributed by atoms with van der Waals surface area (Å²) in [5.74, 6) is 5.70. The lowest BCUT2D eigenvalue weighted by atomic mass is 9.98. The number of fused-ring (bicyclic) bond motifs is 1. The fourth-order valence-corrected chi connectivity index (χ4v) is 3.22. The fraction of sp³-hybridized carbons (Fsp3) is 0.176. The van der Waals surface area contributed by atoms with Gasteiger partial charge in [0.1, 0.15) is 0 Å². The zero-order valence-electron chi connectivity index (χ0n) is 11.3. The molecule has 0 saturated carbocycles. The molecule has 2 nitrogen and oxygen atoms in total. The first-order valence-corrected chi connectivity index (χ1v) is 7.74. The molecular formula is C17H18N2S. The van der Waals surface area contributed by atoms with Crippen molar-refractivity contribution in [1.29, 1.82) is 0 Å². The van der Waals surface area contributed by atoms with Crippen LogP contribution < -0.4 is 11.3 Å². The van der Waals surface area contributed by atoms with Crippen LogP contribution in [-0.2, 0) is 12.8 Å². The predicted octanol–water partition coefficient (Wildman–Crippen LogP) is 3.52. The van der Waals surface area contributed by atoms with E-state index in [1.54, 1.807) is 11.3 Å². The topological polar surface area (TPSA) is 38.0 Å². The molecule has 3 heteroatoms. The van der Waals surface area contributed by atoms with E-state index < -0.39 is 0 Å². The molecule has 1 unspecified atom stereocenters. The van der Waals surface area contributed by atoms with Crippen LogP contribution in [0.4, 0.5) is 0 Å². The first-order valence-electron chi connectivity index (χ1n) is 6.80. The molecule has 3 aromatic rings. The summed E-state index contributed by atoms with van der Waals surface area (Å²) in [5.41, 5.74) is 5.61. The van der Waals surface area contributed by atoms with Crippen molar-refractivity contribution in [3.05, 3.63) is 70.4 Å². The van der Waals surface area contributed by atoms with Gasteiger partial charge in [-0.2, -0.15) is 11.3 Å². The largest absolute Gasteiger partial charge is 0.271 e. The van der Waals surface area contributed by atoms with Gasteiger partial charge in [-0.25, -0.2) is 0 Å². The van der Waals surface area contributed by atoms with E-state index in [0.717, 1.165) is 12.8 Å². The molecule has 0 fully saturated rings. The molecule has 1 atom stereocenters. The number of hydrazine groups is 1. The maximum Gasteiger partial charge on any atom is 0.0291 e. The summed E-state index contributed by atoms with van der Waals surface area (Å²) in [5, 5.41) is 6.87. The maximum atomic E-state index is 5.70. The Bertz CT molecular complexity index is 676. The SMILES string of the molecule is NNC(Cc1ccsc1)Cc1ccc2ccccc2c1. The van der Waals surface area contributed by atoms with Gasteiger partial charge in [-0.1, -0.05) is 42.5 Å². The van der Waals surface area contributed by atoms with Crippen molar-refractivity contribution in [2.45, 2.75) is 18.9 Å². The maximum absolute atomic E-state index is 5.70. The second-order valence-electron chi connectivity index (χ2n) is 5.08. The summed E-state index contributed by atoms with van der Waals surface area (Å²) in [7, 11) is 0. The average molecular weight is 282 g/mol. The number of nitrogens with two attached hydrogens (primary N) is 1. The molecule has 3 rings (SSSR count). The standard InChI is InChI=1S/C17H18N2S/c18-19-17(11-14-7-8-20-12-14)10-13-5-6-15-3-1-2-4-16(15)9-13/h1-9,12,17,19H,10-11,18H2. The highest BCUT2D eigenvalue weighted by molar-refractivity contribution is 7.07. The van der Waals surface area contributed by atoms with Crippen molar-refractivity contribution in [2.75, 3.05) is 0 Å². The lowest BCUT2D eigenvalue weighted by Gasteiger charge is -2.15. The minimum atomic E-state index is 0.269. The Kier molecular flexibility index (Phi) is 4.11. The van der Waals surface area contributed by atoms with Crippen molar-refractivity contribution in [3.8, 4) is 0 Å². The Hall–Kier alpha value is -1.68. The van der Waals surface area contributed by atoms with E-state index in [1.165, 1.54) is 21.9 Å². The summed E-state index contributed by atoms with van der Waals surface area (Å²) in [6, 6.07) is 17.5. The molecule has 0 aliphatic carbocycles. The number of hydrogen-bond acceptors (Lipinski definition) is 3. The first-order chi connectivity index (χ1) is 9.85. The Morgan fingerprint density at radius 1 is 0.950 bits per heavy atom. The van der Waals surface area contributed by atoms with Crippen molar-refractivity contribution in [3.63, 3.8) is 0 Å². The molecule has 102 valence electrons. The summed E-state index contributed by atoms with van der Waals surface area (Å²) in [4.78, 5) is 0. The van der Waals surface area contributed by atoms with Crippen LogP contribution in [0.5, 0.6) is 0 Å². The van der Waals surface area contributed by atoms with Crippen molar-refractivity contribution >= 4 is 22.1 Å². The van der Waals surface area contributed by atoms with Crippen molar-refractivity contribution in [1.82, 2.24) is 5.43 Å². The molecule has 0 spiro atoms. The van der Waals surface area contributed by atoms with Crippen LogP contribution in [0.1, 0.15) is 11.1 Å². The average Bonchev–Trinajstić information content (AvgIpc) is 2.99. The molecule has 20 heavy (non-hydrogen) atoms. The van der Waals surface area contributed by atoms with Gasteiger partial charge in [-0.05, 0) is 51.6 Å². The highest BCUT2D eigenvalue weighted by atomic mass is 32.1. The zero-order valence-corrected chi connectivity index (χ0v) is 12.1. The number of thiophene rings is 1. The van der Waals surface area contributed by atoms with Crippen molar-refractivity contribution in [2.24, 2.45) is 5.84 Å². The van der Waals surface area contributed by atoms with E-state index in [-0.39, 0.29) is 6.04 Å². The fourth-order valence-electron chi connectivity index (χ4n) is 2.53.